The van der Waals surface area contributed by atoms with Gasteiger partial charge < -0.3 is 5.32 Å². The number of alkyl halides is 2. The normalized spacial score (nSPS) is 32.3. The molecule has 6 nitrogen and oxygen atoms in total. The summed E-state index contributed by atoms with van der Waals surface area (Å²) in [6.07, 6.45) is 10.6. The van der Waals surface area contributed by atoms with E-state index in [-0.39, 0.29) is 11.2 Å². The molecule has 0 radical (unpaired) electrons. The van der Waals surface area contributed by atoms with Gasteiger partial charge in [0, 0.05) is 18.5 Å². The minimum Gasteiger partial charge on any atom is -0.304 e. The number of halogens is 2. The average molecular weight is 361 g/mol. The van der Waals surface area contributed by atoms with Gasteiger partial charge in [0.2, 0.25) is 0 Å². The topological polar surface area (TPSA) is 64.7 Å². The van der Waals surface area contributed by atoms with Crippen LogP contribution in [0.1, 0.15) is 55.6 Å². The zero-order chi connectivity index (χ0) is 17.9. The van der Waals surface area contributed by atoms with Crippen LogP contribution in [0.2, 0.25) is 0 Å². The Hall–Kier alpha value is -2.25. The van der Waals surface area contributed by atoms with E-state index in [1.54, 1.807) is 6.07 Å². The van der Waals surface area contributed by atoms with Gasteiger partial charge >= 0.3 is 6.55 Å². The number of anilines is 1. The zero-order valence-electron chi connectivity index (χ0n) is 14.3. The van der Waals surface area contributed by atoms with Crippen molar-refractivity contribution in [2.45, 2.75) is 50.6 Å². The fourth-order valence-corrected chi connectivity index (χ4v) is 5.83. The zero-order valence-corrected chi connectivity index (χ0v) is 14.3. The fourth-order valence-electron chi connectivity index (χ4n) is 5.83. The number of nitrogens with one attached hydrogen (secondary N) is 1. The standard InChI is InChI=1S/C18H21F2N5O/c19-17(20)25-14(1-3-21-25)16(26)22-15-2-4-24(23-15)18-8-11-5-12(9-18)7-13(6-11)10-18/h1-4,11-13,17H,5-10H2,(H,22,23,26). The Morgan fingerprint density at radius 1 is 1.15 bits per heavy atom. The summed E-state index contributed by atoms with van der Waals surface area (Å²) in [4.78, 5) is 12.3. The molecule has 26 heavy (non-hydrogen) atoms. The molecule has 8 heteroatoms. The first kappa shape index (κ1) is 16.0. The lowest BCUT2D eigenvalue weighted by molar-refractivity contribution is -0.0492. The summed E-state index contributed by atoms with van der Waals surface area (Å²) < 4.78 is 28.2. The lowest BCUT2D eigenvalue weighted by Gasteiger charge is -2.56. The van der Waals surface area contributed by atoms with Gasteiger partial charge in [0.1, 0.15) is 5.69 Å². The predicted molar refractivity (Wildman–Crippen MR) is 89.8 cm³/mol. The summed E-state index contributed by atoms with van der Waals surface area (Å²) in [6, 6.07) is 3.02. The summed E-state index contributed by atoms with van der Waals surface area (Å²) in [7, 11) is 0. The van der Waals surface area contributed by atoms with Crippen LogP contribution >= 0.6 is 0 Å². The molecular weight excluding hydrogens is 340 g/mol. The number of hydrogen-bond acceptors (Lipinski definition) is 3. The van der Waals surface area contributed by atoms with E-state index < -0.39 is 12.5 Å². The molecule has 2 heterocycles. The highest BCUT2D eigenvalue weighted by Crippen LogP contribution is 2.58. The third-order valence-corrected chi connectivity index (χ3v) is 6.41. The van der Waals surface area contributed by atoms with Crippen LogP contribution in [0.5, 0.6) is 0 Å². The smallest absolute Gasteiger partial charge is 0.304 e. The second kappa shape index (κ2) is 5.62. The van der Waals surface area contributed by atoms with E-state index in [1.165, 1.54) is 31.5 Å². The molecule has 6 rings (SSSR count). The lowest BCUT2D eigenvalue weighted by atomic mass is 9.53. The van der Waals surface area contributed by atoms with Gasteiger partial charge in [-0.3, -0.25) is 9.48 Å². The number of carbonyl (C=O) groups excluding carboxylic acids is 1. The molecule has 138 valence electrons. The third-order valence-electron chi connectivity index (χ3n) is 6.41. The van der Waals surface area contributed by atoms with Crippen LogP contribution in [0.25, 0.3) is 0 Å². The van der Waals surface area contributed by atoms with Gasteiger partial charge in [-0.15, -0.1) is 0 Å². The minimum absolute atomic E-state index is 0.0719. The monoisotopic (exact) mass is 361 g/mol. The van der Waals surface area contributed by atoms with Gasteiger partial charge in [-0.2, -0.15) is 23.7 Å². The van der Waals surface area contributed by atoms with Crippen molar-refractivity contribution in [2.24, 2.45) is 17.8 Å². The van der Waals surface area contributed by atoms with E-state index in [4.69, 9.17) is 0 Å². The first-order chi connectivity index (χ1) is 12.5. The summed E-state index contributed by atoms with van der Waals surface area (Å²) in [6.45, 7) is -2.85. The van der Waals surface area contributed by atoms with Crippen LogP contribution in [0, 0.1) is 17.8 Å². The van der Waals surface area contributed by atoms with E-state index in [1.807, 2.05) is 10.9 Å². The highest BCUT2D eigenvalue weighted by molar-refractivity contribution is 6.02. The summed E-state index contributed by atoms with van der Waals surface area (Å²) in [5, 5.41) is 10.7. The molecule has 0 aliphatic heterocycles. The first-order valence-electron chi connectivity index (χ1n) is 9.21. The van der Waals surface area contributed by atoms with E-state index >= 15 is 0 Å². The van der Waals surface area contributed by atoms with Crippen LogP contribution in [0.15, 0.2) is 24.5 Å². The molecule has 4 aliphatic carbocycles. The minimum atomic E-state index is -2.85. The second-order valence-electron chi connectivity index (χ2n) is 8.18. The number of rotatable bonds is 4. The number of nitrogens with zero attached hydrogens (tertiary/aromatic N) is 4. The van der Waals surface area contributed by atoms with Crippen molar-refractivity contribution >= 4 is 11.7 Å². The quantitative estimate of drug-likeness (QED) is 0.904. The number of aromatic nitrogens is 4. The Bertz CT molecular complexity index is 807. The van der Waals surface area contributed by atoms with Gasteiger partial charge in [-0.05, 0) is 62.3 Å². The van der Waals surface area contributed by atoms with Crippen LogP contribution < -0.4 is 5.32 Å². The van der Waals surface area contributed by atoms with Crippen LogP contribution in [-0.2, 0) is 5.54 Å². The first-order valence-corrected chi connectivity index (χ1v) is 9.21. The maximum absolute atomic E-state index is 12.9. The third kappa shape index (κ3) is 2.46. The molecule has 0 spiro atoms. The largest absolute Gasteiger partial charge is 0.333 e. The van der Waals surface area contributed by atoms with E-state index in [9.17, 15) is 13.6 Å². The molecule has 4 saturated carbocycles. The van der Waals surface area contributed by atoms with Gasteiger partial charge in [-0.25, -0.2) is 0 Å². The van der Waals surface area contributed by atoms with Crippen molar-refractivity contribution < 1.29 is 13.6 Å². The molecule has 2 aromatic heterocycles. The second-order valence-corrected chi connectivity index (χ2v) is 8.18. The van der Waals surface area contributed by atoms with Crippen molar-refractivity contribution in [2.75, 3.05) is 5.32 Å². The summed E-state index contributed by atoms with van der Waals surface area (Å²) in [5.41, 5.74) is -0.105. The molecule has 2 aromatic rings. The van der Waals surface area contributed by atoms with Gasteiger partial charge in [-0.1, -0.05) is 0 Å². The van der Waals surface area contributed by atoms with Crippen molar-refractivity contribution in [3.63, 3.8) is 0 Å². The summed E-state index contributed by atoms with van der Waals surface area (Å²) >= 11 is 0. The van der Waals surface area contributed by atoms with E-state index in [2.05, 4.69) is 15.5 Å². The maximum atomic E-state index is 12.9. The lowest BCUT2D eigenvalue weighted by Crippen LogP contribution is -2.52. The van der Waals surface area contributed by atoms with Crippen LogP contribution in [0.4, 0.5) is 14.6 Å². The SMILES string of the molecule is O=C(Nc1ccn(C23CC4CC(CC(C4)C2)C3)n1)c1ccnn1C(F)F. The van der Waals surface area contributed by atoms with Crippen LogP contribution in [-0.4, -0.2) is 25.5 Å². The molecule has 4 bridgehead atoms. The van der Waals surface area contributed by atoms with E-state index in [0.717, 1.165) is 37.0 Å². The number of hydrogen-bond donors (Lipinski definition) is 1. The molecule has 4 fully saturated rings. The van der Waals surface area contributed by atoms with Gasteiger partial charge in [0.05, 0.1) is 5.54 Å². The van der Waals surface area contributed by atoms with E-state index in [0.29, 0.717) is 10.5 Å². The van der Waals surface area contributed by atoms with Crippen LogP contribution in [0.3, 0.4) is 0 Å². The highest BCUT2D eigenvalue weighted by atomic mass is 19.3. The number of amides is 1. The Morgan fingerprint density at radius 3 is 2.42 bits per heavy atom. The fraction of sp³-hybridized carbons (Fsp3) is 0.611. The maximum Gasteiger partial charge on any atom is 0.333 e. The Balaban J connectivity index is 1.36. The Morgan fingerprint density at radius 2 is 1.81 bits per heavy atom. The Labute approximate surface area is 149 Å². The molecule has 4 aliphatic rings. The highest BCUT2D eigenvalue weighted by Gasteiger charge is 2.52. The van der Waals surface area contributed by atoms with Crippen molar-refractivity contribution in [3.8, 4) is 0 Å². The Kier molecular flexibility index (Phi) is 3.45. The van der Waals surface area contributed by atoms with Gasteiger partial charge in [0.15, 0.2) is 5.82 Å². The molecule has 0 unspecified atom stereocenters. The average Bonchev–Trinajstić information content (AvgIpc) is 3.23. The molecular formula is C18H21F2N5O. The molecule has 0 saturated heterocycles. The molecule has 0 atom stereocenters. The van der Waals surface area contributed by atoms with Crippen molar-refractivity contribution in [3.05, 3.63) is 30.2 Å². The molecule has 1 amide bonds. The van der Waals surface area contributed by atoms with Crippen molar-refractivity contribution in [1.82, 2.24) is 19.6 Å². The molecule has 0 aromatic carbocycles. The van der Waals surface area contributed by atoms with Crippen molar-refractivity contribution in [1.29, 1.82) is 0 Å². The summed E-state index contributed by atoms with van der Waals surface area (Å²) in [5.74, 6) is 2.16. The predicted octanol–water partition coefficient (Wildman–Crippen LogP) is 3.65. The number of carbonyl (C=O) groups is 1. The molecule has 1 N–H and O–H groups in total. The van der Waals surface area contributed by atoms with Gasteiger partial charge in [0.25, 0.3) is 5.91 Å².